The van der Waals surface area contributed by atoms with Gasteiger partial charge in [0.15, 0.2) is 0 Å². The van der Waals surface area contributed by atoms with Crippen molar-refractivity contribution in [2.24, 2.45) is 0 Å². The van der Waals surface area contributed by atoms with E-state index in [0.717, 1.165) is 6.26 Å². The fourth-order valence-electron chi connectivity index (χ4n) is 0.388. The van der Waals surface area contributed by atoms with E-state index in [2.05, 4.69) is 4.42 Å². The molecule has 1 N–H and O–H groups in total. The van der Waals surface area contributed by atoms with Crippen LogP contribution in [0.5, 0.6) is 5.75 Å². The molecule has 1 aromatic heterocycles. The molecule has 0 spiro atoms. The lowest BCUT2D eigenvalue weighted by Crippen LogP contribution is -2.03. The Morgan fingerprint density at radius 2 is 2.22 bits per heavy atom. The van der Waals surface area contributed by atoms with Gasteiger partial charge >= 0.3 is 0 Å². The van der Waals surface area contributed by atoms with Crippen molar-refractivity contribution in [2.45, 2.75) is 0 Å². The van der Waals surface area contributed by atoms with Gasteiger partial charge in [-0.05, 0) is 0 Å². The average Bonchev–Trinajstić information content (AvgIpc) is 1.83. The van der Waals surface area contributed by atoms with Gasteiger partial charge in [-0.25, -0.2) is 0 Å². The molecule has 0 atom stereocenters. The fraction of sp³-hybridized carbons (Fsp3) is 0. The van der Waals surface area contributed by atoms with E-state index in [9.17, 15) is 9.18 Å². The zero-order valence-electron chi connectivity index (χ0n) is 4.30. The highest BCUT2D eigenvalue weighted by Crippen LogP contribution is 1.99. The summed E-state index contributed by atoms with van der Waals surface area (Å²) in [6, 6.07) is 0. The Morgan fingerprint density at radius 1 is 1.56 bits per heavy atom. The zero-order valence-corrected chi connectivity index (χ0v) is 4.30. The number of hydrogen-bond acceptors (Lipinski definition) is 3. The Morgan fingerprint density at radius 3 is 2.67 bits per heavy atom. The maximum Gasteiger partial charge on any atom is 0.262 e. The predicted molar refractivity (Wildman–Crippen MR) is 26.6 cm³/mol. The summed E-state index contributed by atoms with van der Waals surface area (Å²) in [7, 11) is 0. The van der Waals surface area contributed by atoms with Crippen LogP contribution in [-0.2, 0) is 0 Å². The molecule has 0 aliphatic rings. The summed E-state index contributed by atoms with van der Waals surface area (Å²) in [6.45, 7) is 0. The number of halogens is 1. The van der Waals surface area contributed by atoms with Crippen molar-refractivity contribution in [1.82, 2.24) is 0 Å². The highest BCUT2D eigenvalue weighted by Gasteiger charge is 2.01. The predicted octanol–water partition coefficient (Wildman–Crippen LogP) is 0.484. The first-order valence-corrected chi connectivity index (χ1v) is 2.17. The van der Waals surface area contributed by atoms with E-state index < -0.39 is 17.0 Å². The molecule has 4 heteroatoms. The van der Waals surface area contributed by atoms with Gasteiger partial charge in [0.05, 0.1) is 0 Å². The average molecular weight is 130 g/mol. The molecule has 0 bridgehead atoms. The molecule has 3 nitrogen and oxygen atoms in total. The smallest absolute Gasteiger partial charge is 0.262 e. The Balaban J connectivity index is 3.43. The van der Waals surface area contributed by atoms with Crippen molar-refractivity contribution in [1.29, 1.82) is 0 Å². The molecule has 0 aromatic carbocycles. The van der Waals surface area contributed by atoms with Gasteiger partial charge in [0.25, 0.3) is 5.43 Å². The Kier molecular flexibility index (Phi) is 1.22. The van der Waals surface area contributed by atoms with Gasteiger partial charge in [-0.1, -0.05) is 0 Å². The normalized spacial score (nSPS) is 9.44. The molecule has 0 saturated carbocycles. The summed E-state index contributed by atoms with van der Waals surface area (Å²) in [5.41, 5.74) is -1.04. The van der Waals surface area contributed by atoms with Gasteiger partial charge in [0.2, 0.25) is 11.6 Å². The molecule has 1 heterocycles. The highest BCUT2D eigenvalue weighted by atomic mass is 19.1. The van der Waals surface area contributed by atoms with Crippen molar-refractivity contribution < 1.29 is 13.9 Å². The van der Waals surface area contributed by atoms with Crippen LogP contribution in [0.1, 0.15) is 0 Å². The highest BCUT2D eigenvalue weighted by molar-refractivity contribution is 5.12. The summed E-state index contributed by atoms with van der Waals surface area (Å²) in [5.74, 6) is -1.80. The molecule has 0 fully saturated rings. The summed E-state index contributed by atoms with van der Waals surface area (Å²) < 4.78 is 16.2. The molecule has 0 unspecified atom stereocenters. The number of rotatable bonds is 0. The molecular weight excluding hydrogens is 127 g/mol. The van der Waals surface area contributed by atoms with Gasteiger partial charge in [-0.3, -0.25) is 4.79 Å². The van der Waals surface area contributed by atoms with E-state index in [1.54, 1.807) is 0 Å². The number of aromatic hydroxyl groups is 1. The van der Waals surface area contributed by atoms with Gasteiger partial charge < -0.3 is 9.52 Å². The van der Waals surface area contributed by atoms with E-state index in [4.69, 9.17) is 5.11 Å². The van der Waals surface area contributed by atoms with E-state index in [0.29, 0.717) is 6.26 Å². The minimum atomic E-state index is -1.09. The standard InChI is InChI=1S/C5H3FO3/c6-3-1-9-2-4(7)5(3)8/h1-2,7H. The number of hydrogen-bond donors (Lipinski definition) is 1. The SMILES string of the molecule is O=c1c(O)cocc1F. The monoisotopic (exact) mass is 130 g/mol. The van der Waals surface area contributed by atoms with E-state index in [-0.39, 0.29) is 0 Å². The first-order chi connectivity index (χ1) is 4.22. The fourth-order valence-corrected chi connectivity index (χ4v) is 0.388. The first kappa shape index (κ1) is 5.81. The quantitative estimate of drug-likeness (QED) is 0.555. The molecule has 1 rings (SSSR count). The van der Waals surface area contributed by atoms with Crippen LogP contribution in [0.15, 0.2) is 21.7 Å². The van der Waals surface area contributed by atoms with E-state index in [1.807, 2.05) is 0 Å². The minimum Gasteiger partial charge on any atom is -0.502 e. The molecule has 0 aliphatic heterocycles. The summed E-state index contributed by atoms with van der Waals surface area (Å²) in [5, 5.41) is 8.45. The minimum absolute atomic E-state index is 0.627. The molecule has 0 saturated heterocycles. The third-order valence-electron chi connectivity index (χ3n) is 0.801. The van der Waals surface area contributed by atoms with Gasteiger partial charge in [0.1, 0.15) is 12.5 Å². The second-order valence-electron chi connectivity index (χ2n) is 1.43. The van der Waals surface area contributed by atoms with Crippen molar-refractivity contribution >= 4 is 0 Å². The molecule has 9 heavy (non-hydrogen) atoms. The van der Waals surface area contributed by atoms with Crippen molar-refractivity contribution in [2.75, 3.05) is 0 Å². The topological polar surface area (TPSA) is 50.4 Å². The van der Waals surface area contributed by atoms with Crippen LogP contribution in [0.3, 0.4) is 0 Å². The molecule has 48 valence electrons. The molecule has 0 radical (unpaired) electrons. The summed E-state index contributed by atoms with van der Waals surface area (Å²) >= 11 is 0. The van der Waals surface area contributed by atoms with Crippen LogP contribution in [-0.4, -0.2) is 5.11 Å². The van der Waals surface area contributed by atoms with Crippen LogP contribution in [0.2, 0.25) is 0 Å². The lowest BCUT2D eigenvalue weighted by Gasteiger charge is -1.86. The van der Waals surface area contributed by atoms with Crippen LogP contribution in [0.25, 0.3) is 0 Å². The van der Waals surface area contributed by atoms with Crippen molar-refractivity contribution in [3.05, 3.63) is 28.6 Å². The molecule has 0 aliphatic carbocycles. The van der Waals surface area contributed by atoms with Crippen LogP contribution in [0, 0.1) is 5.82 Å². The Bertz CT molecular complexity index is 242. The maximum absolute atomic E-state index is 12.0. The molecule has 0 amide bonds. The summed E-state index contributed by atoms with van der Waals surface area (Å²) in [4.78, 5) is 10.3. The third kappa shape index (κ3) is 0.910. The van der Waals surface area contributed by atoms with Crippen molar-refractivity contribution in [3.8, 4) is 5.75 Å². The van der Waals surface area contributed by atoms with E-state index in [1.165, 1.54) is 0 Å². The van der Waals surface area contributed by atoms with Crippen LogP contribution < -0.4 is 5.43 Å². The summed E-state index contributed by atoms with van der Waals surface area (Å²) in [6.07, 6.45) is 1.40. The van der Waals surface area contributed by atoms with Gasteiger partial charge in [-0.2, -0.15) is 4.39 Å². The van der Waals surface area contributed by atoms with Crippen LogP contribution >= 0.6 is 0 Å². The third-order valence-corrected chi connectivity index (χ3v) is 0.801. The zero-order chi connectivity index (χ0) is 6.85. The second kappa shape index (κ2) is 1.89. The van der Waals surface area contributed by atoms with Gasteiger partial charge in [-0.15, -0.1) is 0 Å². The first-order valence-electron chi connectivity index (χ1n) is 2.17. The molecule has 1 aromatic rings. The second-order valence-corrected chi connectivity index (χ2v) is 1.43. The lowest BCUT2D eigenvalue weighted by molar-refractivity contribution is 0.406. The van der Waals surface area contributed by atoms with E-state index >= 15 is 0 Å². The molecular formula is C5H3FO3. The van der Waals surface area contributed by atoms with Gasteiger partial charge in [0, 0.05) is 0 Å². The van der Waals surface area contributed by atoms with Crippen LogP contribution in [0.4, 0.5) is 4.39 Å². The Labute approximate surface area is 49.4 Å². The lowest BCUT2D eigenvalue weighted by atomic mass is 10.5. The van der Waals surface area contributed by atoms with Crippen molar-refractivity contribution in [3.63, 3.8) is 0 Å². The largest absolute Gasteiger partial charge is 0.502 e. The Hall–Kier alpha value is -1.32. The maximum atomic E-state index is 12.0.